The lowest BCUT2D eigenvalue weighted by molar-refractivity contribution is -0.111. The van der Waals surface area contributed by atoms with Crippen molar-refractivity contribution >= 4 is 17.4 Å². The van der Waals surface area contributed by atoms with Gasteiger partial charge < -0.3 is 0 Å². The van der Waals surface area contributed by atoms with E-state index < -0.39 is 0 Å². The highest BCUT2D eigenvalue weighted by molar-refractivity contribution is 6.22. The van der Waals surface area contributed by atoms with Gasteiger partial charge in [0.1, 0.15) is 0 Å². The fraction of sp³-hybridized carbons (Fsp3) is 0.278. The molecule has 0 unspecified atom stereocenters. The third-order valence-corrected chi connectivity index (χ3v) is 3.62. The van der Waals surface area contributed by atoms with E-state index in [1.165, 1.54) is 0 Å². The first-order valence-corrected chi connectivity index (χ1v) is 7.28. The van der Waals surface area contributed by atoms with Gasteiger partial charge in [-0.2, -0.15) is 5.10 Å². The molecule has 0 heterocycles. The number of rotatable bonds is 3. The fourth-order valence-electron chi connectivity index (χ4n) is 2.26. The predicted octanol–water partition coefficient (Wildman–Crippen LogP) is 3.19. The second kappa shape index (κ2) is 6.52. The van der Waals surface area contributed by atoms with Crippen molar-refractivity contribution in [3.63, 3.8) is 0 Å². The van der Waals surface area contributed by atoms with Gasteiger partial charge in [0, 0.05) is 11.1 Å². The molecule has 0 atom stereocenters. The van der Waals surface area contributed by atoms with Crippen LogP contribution in [0.1, 0.15) is 36.7 Å². The summed E-state index contributed by atoms with van der Waals surface area (Å²) in [6.07, 6.45) is 3.31. The molecule has 0 radical (unpaired) electrons. The highest BCUT2D eigenvalue weighted by Crippen LogP contribution is 2.19. The summed E-state index contributed by atoms with van der Waals surface area (Å²) >= 11 is 0. The fourth-order valence-corrected chi connectivity index (χ4v) is 2.26. The maximum Gasteiger partial charge on any atom is 0.271 e. The van der Waals surface area contributed by atoms with Crippen LogP contribution in [-0.4, -0.2) is 17.4 Å². The summed E-state index contributed by atoms with van der Waals surface area (Å²) in [5.74, 6) is -0.124. The van der Waals surface area contributed by atoms with Crippen LogP contribution in [0.2, 0.25) is 0 Å². The van der Waals surface area contributed by atoms with Gasteiger partial charge in [-0.15, -0.1) is 0 Å². The zero-order chi connectivity index (χ0) is 16.3. The maximum atomic E-state index is 12.2. The highest BCUT2D eigenvalue weighted by Gasteiger charge is 2.19. The number of hydrogen-bond acceptors (Lipinski definition) is 3. The maximum absolute atomic E-state index is 12.2. The van der Waals surface area contributed by atoms with Crippen molar-refractivity contribution < 1.29 is 9.59 Å². The number of nitrogens with zero attached hydrogens (tertiary/aromatic N) is 1. The molecule has 1 aliphatic carbocycles. The van der Waals surface area contributed by atoms with Gasteiger partial charge >= 0.3 is 0 Å². The topological polar surface area (TPSA) is 58.5 Å². The van der Waals surface area contributed by atoms with Gasteiger partial charge in [0.05, 0.1) is 5.71 Å². The van der Waals surface area contributed by atoms with E-state index in [9.17, 15) is 9.59 Å². The molecule has 1 amide bonds. The first-order chi connectivity index (χ1) is 10.4. The smallest absolute Gasteiger partial charge is 0.271 e. The summed E-state index contributed by atoms with van der Waals surface area (Å²) in [6, 6.07) is 7.34. The van der Waals surface area contributed by atoms with Gasteiger partial charge in [0.25, 0.3) is 5.91 Å². The Kier molecular flexibility index (Phi) is 4.71. The summed E-state index contributed by atoms with van der Waals surface area (Å²) in [5.41, 5.74) is 6.12. The molecule has 114 valence electrons. The average molecular weight is 296 g/mol. The molecular formula is C18H20N2O2. The SMILES string of the molecule is CC1=CC(=O)C(C(C)C)=C/C1=N\NC(=O)c1ccccc1C. The van der Waals surface area contributed by atoms with E-state index in [1.807, 2.05) is 45.9 Å². The van der Waals surface area contributed by atoms with Crippen molar-refractivity contribution in [2.45, 2.75) is 27.7 Å². The van der Waals surface area contributed by atoms with Crippen LogP contribution < -0.4 is 5.43 Å². The lowest BCUT2D eigenvalue weighted by Gasteiger charge is -2.15. The Hall–Kier alpha value is -2.49. The second-order valence-corrected chi connectivity index (χ2v) is 5.70. The van der Waals surface area contributed by atoms with Gasteiger partial charge in [-0.3, -0.25) is 9.59 Å². The lowest BCUT2D eigenvalue weighted by Crippen LogP contribution is -2.22. The number of ketones is 1. The normalized spacial score (nSPS) is 16.6. The number of amides is 1. The van der Waals surface area contributed by atoms with Crippen LogP contribution >= 0.6 is 0 Å². The Bertz CT molecular complexity index is 710. The van der Waals surface area contributed by atoms with E-state index in [2.05, 4.69) is 10.5 Å². The van der Waals surface area contributed by atoms with Gasteiger partial charge in [-0.1, -0.05) is 32.0 Å². The summed E-state index contributed by atoms with van der Waals surface area (Å²) < 4.78 is 0. The van der Waals surface area contributed by atoms with E-state index in [0.717, 1.165) is 11.1 Å². The molecule has 0 spiro atoms. The molecule has 4 heteroatoms. The first-order valence-electron chi connectivity index (χ1n) is 7.28. The number of nitrogens with one attached hydrogen (secondary N) is 1. The molecule has 0 bridgehead atoms. The Morgan fingerprint density at radius 3 is 2.45 bits per heavy atom. The van der Waals surface area contributed by atoms with E-state index in [0.29, 0.717) is 16.8 Å². The number of carbonyl (C=O) groups excluding carboxylic acids is 2. The molecular weight excluding hydrogens is 276 g/mol. The minimum atomic E-state index is -0.255. The quantitative estimate of drug-likeness (QED) is 0.688. The predicted molar refractivity (Wildman–Crippen MR) is 87.8 cm³/mol. The van der Waals surface area contributed by atoms with Crippen LogP contribution in [0.4, 0.5) is 0 Å². The molecule has 0 fully saturated rings. The molecule has 0 saturated heterocycles. The van der Waals surface area contributed by atoms with Crippen molar-refractivity contribution in [3.05, 3.63) is 58.7 Å². The monoisotopic (exact) mass is 296 g/mol. The van der Waals surface area contributed by atoms with Crippen molar-refractivity contribution in [1.29, 1.82) is 0 Å². The Morgan fingerprint density at radius 1 is 1.14 bits per heavy atom. The summed E-state index contributed by atoms with van der Waals surface area (Å²) in [6.45, 7) is 7.61. The number of carbonyl (C=O) groups is 2. The van der Waals surface area contributed by atoms with E-state index in [-0.39, 0.29) is 17.6 Å². The zero-order valence-electron chi connectivity index (χ0n) is 13.3. The Balaban J connectivity index is 2.22. The van der Waals surface area contributed by atoms with Gasteiger partial charge in [0.15, 0.2) is 5.78 Å². The van der Waals surface area contributed by atoms with Crippen LogP contribution in [0.3, 0.4) is 0 Å². The van der Waals surface area contributed by atoms with Crippen LogP contribution in [0.5, 0.6) is 0 Å². The van der Waals surface area contributed by atoms with Crippen molar-refractivity contribution in [2.24, 2.45) is 11.0 Å². The highest BCUT2D eigenvalue weighted by atomic mass is 16.2. The number of hydrogen-bond donors (Lipinski definition) is 1. The molecule has 0 saturated carbocycles. The van der Waals surface area contributed by atoms with Crippen molar-refractivity contribution in [2.75, 3.05) is 0 Å². The third kappa shape index (κ3) is 3.39. The lowest BCUT2D eigenvalue weighted by atomic mass is 9.90. The Labute approximate surface area is 130 Å². The van der Waals surface area contributed by atoms with Crippen LogP contribution in [0, 0.1) is 12.8 Å². The van der Waals surface area contributed by atoms with Crippen LogP contribution in [-0.2, 0) is 4.79 Å². The van der Waals surface area contributed by atoms with Crippen LogP contribution in [0.25, 0.3) is 0 Å². The van der Waals surface area contributed by atoms with E-state index in [1.54, 1.807) is 18.2 Å². The molecule has 1 aromatic carbocycles. The first kappa shape index (κ1) is 15.9. The average Bonchev–Trinajstić information content (AvgIpc) is 2.46. The minimum Gasteiger partial charge on any atom is -0.290 e. The van der Waals surface area contributed by atoms with E-state index in [4.69, 9.17) is 0 Å². The molecule has 2 rings (SSSR count). The van der Waals surface area contributed by atoms with Crippen molar-refractivity contribution in [1.82, 2.24) is 5.43 Å². The summed E-state index contributed by atoms with van der Waals surface area (Å²) in [7, 11) is 0. The molecule has 0 aliphatic heterocycles. The summed E-state index contributed by atoms with van der Waals surface area (Å²) in [5, 5.41) is 4.17. The summed E-state index contributed by atoms with van der Waals surface area (Å²) in [4.78, 5) is 24.1. The minimum absolute atomic E-state index is 0.0108. The molecule has 1 aliphatic rings. The standard InChI is InChI=1S/C18H20N2O2/c1-11(2)15-10-16(13(4)9-17(15)21)19-20-18(22)14-8-6-5-7-12(14)3/h5-11H,1-4H3,(H,20,22)/b19-16+. The Morgan fingerprint density at radius 2 is 1.82 bits per heavy atom. The number of benzene rings is 1. The molecule has 1 aromatic rings. The molecule has 1 N–H and O–H groups in total. The second-order valence-electron chi connectivity index (χ2n) is 5.70. The number of hydrazone groups is 1. The van der Waals surface area contributed by atoms with Crippen molar-refractivity contribution in [3.8, 4) is 0 Å². The zero-order valence-corrected chi connectivity index (χ0v) is 13.3. The van der Waals surface area contributed by atoms with Gasteiger partial charge in [0.2, 0.25) is 0 Å². The number of aryl methyl sites for hydroxylation is 1. The number of allylic oxidation sites excluding steroid dienone is 4. The van der Waals surface area contributed by atoms with Crippen LogP contribution in [0.15, 0.2) is 52.7 Å². The largest absolute Gasteiger partial charge is 0.290 e. The molecule has 4 nitrogen and oxygen atoms in total. The van der Waals surface area contributed by atoms with Gasteiger partial charge in [-0.25, -0.2) is 5.43 Å². The van der Waals surface area contributed by atoms with E-state index >= 15 is 0 Å². The molecule has 22 heavy (non-hydrogen) atoms. The molecule has 0 aromatic heterocycles. The van der Waals surface area contributed by atoms with Gasteiger partial charge in [-0.05, 0) is 49.1 Å². The third-order valence-electron chi connectivity index (χ3n) is 3.62.